The van der Waals surface area contributed by atoms with E-state index in [4.69, 9.17) is 11.6 Å². The maximum atomic E-state index is 13.0. The number of nitrogens with one attached hydrogen (secondary N) is 1. The molecule has 0 unspecified atom stereocenters. The summed E-state index contributed by atoms with van der Waals surface area (Å²) in [5, 5.41) is 3.17. The average molecular weight is 301 g/mol. The summed E-state index contributed by atoms with van der Waals surface area (Å²) in [5.41, 5.74) is 0.724. The molecule has 0 atom stereocenters. The van der Waals surface area contributed by atoms with Crippen LogP contribution in [0.4, 0.5) is 10.1 Å². The van der Waals surface area contributed by atoms with Crippen LogP contribution in [0.15, 0.2) is 18.2 Å². The number of hydrogen-bond acceptors (Lipinski definition) is 2. The fourth-order valence-electron chi connectivity index (χ4n) is 1.98. The molecule has 0 aliphatic carbocycles. The Morgan fingerprint density at radius 1 is 1.30 bits per heavy atom. The van der Waals surface area contributed by atoms with Crippen LogP contribution < -0.4 is 5.32 Å². The zero-order valence-electron chi connectivity index (χ0n) is 12.1. The maximum absolute atomic E-state index is 13.0. The van der Waals surface area contributed by atoms with Gasteiger partial charge in [0, 0.05) is 31.7 Å². The van der Waals surface area contributed by atoms with Gasteiger partial charge in [0.1, 0.15) is 5.82 Å². The van der Waals surface area contributed by atoms with Crippen LogP contribution >= 0.6 is 11.6 Å². The number of carbonyl (C=O) groups excluding carboxylic acids is 1. The van der Waals surface area contributed by atoms with Gasteiger partial charge in [-0.05, 0) is 31.0 Å². The number of benzene rings is 1. The Hall–Kier alpha value is -1.29. The van der Waals surface area contributed by atoms with Crippen LogP contribution in [0.1, 0.15) is 33.1 Å². The summed E-state index contributed by atoms with van der Waals surface area (Å²) < 4.78 is 13.0. The molecule has 0 aliphatic rings. The molecule has 0 radical (unpaired) electrons. The van der Waals surface area contributed by atoms with E-state index >= 15 is 0 Å². The zero-order chi connectivity index (χ0) is 15.0. The van der Waals surface area contributed by atoms with Gasteiger partial charge in [-0.3, -0.25) is 4.79 Å². The minimum atomic E-state index is -0.439. The second-order valence-electron chi connectivity index (χ2n) is 4.69. The third-order valence-electron chi connectivity index (χ3n) is 2.93. The molecule has 1 amide bonds. The van der Waals surface area contributed by atoms with Crippen molar-refractivity contribution in [2.24, 2.45) is 0 Å². The molecule has 5 heteroatoms. The quantitative estimate of drug-likeness (QED) is 0.789. The first-order valence-corrected chi connectivity index (χ1v) is 7.43. The molecule has 0 aromatic heterocycles. The summed E-state index contributed by atoms with van der Waals surface area (Å²) in [5.74, 6) is -0.292. The van der Waals surface area contributed by atoms with E-state index in [2.05, 4.69) is 19.2 Å². The topological polar surface area (TPSA) is 32.3 Å². The van der Waals surface area contributed by atoms with Crippen molar-refractivity contribution < 1.29 is 9.18 Å². The van der Waals surface area contributed by atoms with Gasteiger partial charge in [-0.15, -0.1) is 0 Å². The smallest absolute Gasteiger partial charge is 0.224 e. The Kier molecular flexibility index (Phi) is 7.37. The number of carbonyl (C=O) groups is 1. The van der Waals surface area contributed by atoms with E-state index in [0.29, 0.717) is 13.0 Å². The Balaban J connectivity index is 2.42. The molecule has 0 saturated heterocycles. The van der Waals surface area contributed by atoms with Crippen molar-refractivity contribution in [1.29, 1.82) is 0 Å². The van der Waals surface area contributed by atoms with Crippen LogP contribution in [0, 0.1) is 5.82 Å². The number of hydrogen-bond donors (Lipinski definition) is 1. The number of nitrogens with zero attached hydrogens (tertiary/aromatic N) is 1. The van der Waals surface area contributed by atoms with Gasteiger partial charge in [0.05, 0.1) is 5.02 Å². The van der Waals surface area contributed by atoms with E-state index in [0.717, 1.165) is 31.6 Å². The lowest BCUT2D eigenvalue weighted by Crippen LogP contribution is -2.33. The van der Waals surface area contributed by atoms with Crippen molar-refractivity contribution in [3.8, 4) is 0 Å². The molecule has 3 nitrogen and oxygen atoms in total. The minimum absolute atomic E-state index is 0.0833. The van der Waals surface area contributed by atoms with Crippen molar-refractivity contribution >= 4 is 23.2 Å². The molecule has 1 rings (SSSR count). The SMILES string of the molecule is CCCN(CCC)C(=O)CCNc1ccc(F)c(Cl)c1. The summed E-state index contributed by atoms with van der Waals surface area (Å²) >= 11 is 5.70. The summed E-state index contributed by atoms with van der Waals surface area (Å²) in [4.78, 5) is 13.9. The lowest BCUT2D eigenvalue weighted by atomic mass is 10.2. The molecule has 1 aromatic rings. The lowest BCUT2D eigenvalue weighted by Gasteiger charge is -2.21. The number of amides is 1. The predicted molar refractivity (Wildman–Crippen MR) is 81.7 cm³/mol. The van der Waals surface area contributed by atoms with E-state index in [1.165, 1.54) is 12.1 Å². The van der Waals surface area contributed by atoms with Crippen LogP contribution in [0.5, 0.6) is 0 Å². The highest BCUT2D eigenvalue weighted by Crippen LogP contribution is 2.19. The van der Waals surface area contributed by atoms with Gasteiger partial charge in [-0.1, -0.05) is 25.4 Å². The van der Waals surface area contributed by atoms with E-state index in [1.807, 2.05) is 4.90 Å². The second kappa shape index (κ2) is 8.80. The number of anilines is 1. The summed E-state index contributed by atoms with van der Waals surface area (Å²) in [6.45, 7) is 6.25. The molecule has 0 fully saturated rings. The Morgan fingerprint density at radius 3 is 2.50 bits per heavy atom. The van der Waals surface area contributed by atoms with Crippen molar-refractivity contribution in [3.63, 3.8) is 0 Å². The molecule has 0 spiro atoms. The predicted octanol–water partition coefficient (Wildman–Crippen LogP) is 3.93. The first kappa shape index (κ1) is 16.8. The molecule has 0 aliphatic heterocycles. The maximum Gasteiger partial charge on any atom is 0.224 e. The summed E-state index contributed by atoms with van der Waals surface area (Å²) in [6, 6.07) is 4.45. The molecule has 112 valence electrons. The molecule has 0 heterocycles. The Labute approximate surface area is 125 Å². The lowest BCUT2D eigenvalue weighted by molar-refractivity contribution is -0.131. The van der Waals surface area contributed by atoms with Crippen molar-refractivity contribution in [2.75, 3.05) is 25.0 Å². The van der Waals surface area contributed by atoms with E-state index < -0.39 is 5.82 Å². The van der Waals surface area contributed by atoms with Crippen molar-refractivity contribution in [3.05, 3.63) is 29.0 Å². The first-order chi connectivity index (χ1) is 9.58. The van der Waals surface area contributed by atoms with Gasteiger partial charge in [0.25, 0.3) is 0 Å². The Morgan fingerprint density at radius 2 is 1.95 bits per heavy atom. The fraction of sp³-hybridized carbons (Fsp3) is 0.533. The highest BCUT2D eigenvalue weighted by atomic mass is 35.5. The van der Waals surface area contributed by atoms with Crippen LogP contribution in [-0.4, -0.2) is 30.4 Å². The van der Waals surface area contributed by atoms with Crippen LogP contribution in [-0.2, 0) is 4.79 Å². The number of rotatable bonds is 8. The minimum Gasteiger partial charge on any atom is -0.384 e. The van der Waals surface area contributed by atoms with E-state index in [-0.39, 0.29) is 10.9 Å². The standard InChI is InChI=1S/C15H22ClFN2O/c1-3-9-19(10-4-2)15(20)7-8-18-12-5-6-14(17)13(16)11-12/h5-6,11,18H,3-4,7-10H2,1-2H3. The normalized spacial score (nSPS) is 10.4. The van der Waals surface area contributed by atoms with Gasteiger partial charge < -0.3 is 10.2 Å². The van der Waals surface area contributed by atoms with E-state index in [9.17, 15) is 9.18 Å². The van der Waals surface area contributed by atoms with Crippen LogP contribution in [0.3, 0.4) is 0 Å². The largest absolute Gasteiger partial charge is 0.384 e. The van der Waals surface area contributed by atoms with Crippen LogP contribution in [0.2, 0.25) is 5.02 Å². The molecule has 0 saturated carbocycles. The van der Waals surface area contributed by atoms with Gasteiger partial charge in [-0.25, -0.2) is 4.39 Å². The molecule has 20 heavy (non-hydrogen) atoms. The van der Waals surface area contributed by atoms with Gasteiger partial charge >= 0.3 is 0 Å². The highest BCUT2D eigenvalue weighted by molar-refractivity contribution is 6.31. The Bertz CT molecular complexity index is 434. The third kappa shape index (κ3) is 5.37. The van der Waals surface area contributed by atoms with Gasteiger partial charge in [-0.2, -0.15) is 0 Å². The van der Waals surface area contributed by atoms with Gasteiger partial charge in [0.15, 0.2) is 0 Å². The summed E-state index contributed by atoms with van der Waals surface area (Å²) in [7, 11) is 0. The summed E-state index contributed by atoms with van der Waals surface area (Å²) in [6.07, 6.45) is 2.36. The average Bonchev–Trinajstić information content (AvgIpc) is 2.42. The second-order valence-corrected chi connectivity index (χ2v) is 5.09. The van der Waals surface area contributed by atoms with Crippen LogP contribution in [0.25, 0.3) is 0 Å². The third-order valence-corrected chi connectivity index (χ3v) is 3.22. The van der Waals surface area contributed by atoms with Crippen molar-refractivity contribution in [2.45, 2.75) is 33.1 Å². The van der Waals surface area contributed by atoms with E-state index in [1.54, 1.807) is 6.07 Å². The molecule has 1 N–H and O–H groups in total. The molecule has 0 bridgehead atoms. The first-order valence-electron chi connectivity index (χ1n) is 7.05. The van der Waals surface area contributed by atoms with Gasteiger partial charge in [0.2, 0.25) is 5.91 Å². The zero-order valence-corrected chi connectivity index (χ0v) is 12.8. The molecular weight excluding hydrogens is 279 g/mol. The fourth-order valence-corrected chi connectivity index (χ4v) is 2.16. The molecule has 1 aromatic carbocycles. The highest BCUT2D eigenvalue weighted by Gasteiger charge is 2.11. The monoisotopic (exact) mass is 300 g/mol. The van der Waals surface area contributed by atoms with Crippen molar-refractivity contribution in [1.82, 2.24) is 4.90 Å². The molecular formula is C15H22ClFN2O. The number of halogens is 2.